The minimum Gasteiger partial charge on any atom is -0.508 e. The largest absolute Gasteiger partial charge is 0.508 e. The monoisotopic (exact) mass is 1390 g/mol. The highest BCUT2D eigenvalue weighted by molar-refractivity contribution is 5.99. The molecule has 0 bridgehead atoms. The highest BCUT2D eigenvalue weighted by atomic mass is 16.3. The number of amidine groups is 2. The summed E-state index contributed by atoms with van der Waals surface area (Å²) in [5.74, 6) is -6.14. The van der Waals surface area contributed by atoms with Gasteiger partial charge in [-0.3, -0.25) is 58.8 Å². The van der Waals surface area contributed by atoms with Crippen molar-refractivity contribution in [2.75, 3.05) is 33.2 Å². The second-order valence-electron chi connectivity index (χ2n) is 25.4. The average Bonchev–Trinajstić information content (AvgIpc) is 1.73. The smallest absolute Gasteiger partial charge is 0.245 e. The van der Waals surface area contributed by atoms with E-state index in [9.17, 15) is 58.2 Å². The van der Waals surface area contributed by atoms with E-state index in [-0.39, 0.29) is 87.6 Å². The van der Waals surface area contributed by atoms with Gasteiger partial charge in [0.15, 0.2) is 0 Å². The van der Waals surface area contributed by atoms with Crippen LogP contribution in [0.4, 0.5) is 0 Å². The van der Waals surface area contributed by atoms with Crippen LogP contribution in [0.25, 0.3) is 21.5 Å². The van der Waals surface area contributed by atoms with Gasteiger partial charge in [-0.2, -0.15) is 0 Å². The highest BCUT2D eigenvalue weighted by Crippen LogP contribution is 2.22. The molecule has 2 heterocycles. The molecule has 21 N–H and O–H groups in total. The van der Waals surface area contributed by atoms with Crippen molar-refractivity contribution in [3.05, 3.63) is 156 Å². The lowest BCUT2D eigenvalue weighted by Gasteiger charge is -2.32. The second kappa shape index (κ2) is 39.0. The van der Waals surface area contributed by atoms with Crippen molar-refractivity contribution in [2.24, 2.45) is 22.9 Å². The summed E-state index contributed by atoms with van der Waals surface area (Å²) in [5, 5.41) is 62.9. The zero-order valence-corrected chi connectivity index (χ0v) is 56.7. The molecule has 0 spiro atoms. The Hall–Kier alpha value is -11.0. The first-order chi connectivity index (χ1) is 48.5. The van der Waals surface area contributed by atoms with E-state index in [4.69, 9.17) is 33.8 Å². The fourth-order valence-electron chi connectivity index (χ4n) is 11.9. The molecule has 0 saturated carbocycles. The normalized spacial score (nSPS) is 20.8. The number of phenolic OH excluding ortho intramolecular Hbond substituents is 2. The van der Waals surface area contributed by atoms with E-state index in [0.717, 1.165) is 32.7 Å². The molecule has 8 rings (SSSR count). The number of unbranched alkanes of at least 4 members (excludes halogenated alkanes) is 2. The Kier molecular flexibility index (Phi) is 29.8. The molecule has 2 saturated heterocycles. The van der Waals surface area contributed by atoms with Crippen molar-refractivity contribution in [1.82, 2.24) is 52.8 Å². The van der Waals surface area contributed by atoms with Crippen LogP contribution >= 0.6 is 0 Å². The van der Waals surface area contributed by atoms with E-state index in [1.807, 2.05) is 84.9 Å². The van der Waals surface area contributed by atoms with Crippen molar-refractivity contribution >= 4 is 92.3 Å². The van der Waals surface area contributed by atoms with Gasteiger partial charge in [-0.15, -0.1) is 0 Å². The minimum absolute atomic E-state index is 0.00209. The number of nitrogens with zero attached hydrogens (tertiary/aromatic N) is 1. The van der Waals surface area contributed by atoms with E-state index in [1.54, 1.807) is 24.3 Å². The number of likely N-dealkylation sites (N-methyl/N-ethyl adjacent to an activating group) is 1. The molecule has 28 nitrogen and oxygen atoms in total. The summed E-state index contributed by atoms with van der Waals surface area (Å²) >= 11 is 0. The fraction of sp³-hybridized carbons (Fsp3) is 0.397. The molecule has 538 valence electrons. The lowest BCUT2D eigenvalue weighted by molar-refractivity contribution is -0.142. The summed E-state index contributed by atoms with van der Waals surface area (Å²) in [6.45, 7) is -0.468. The minimum atomic E-state index is -1.14. The maximum absolute atomic E-state index is 14.0. The van der Waals surface area contributed by atoms with Gasteiger partial charge in [0, 0.05) is 45.6 Å². The van der Waals surface area contributed by atoms with Crippen LogP contribution in [0.2, 0.25) is 0 Å². The Morgan fingerprint density at radius 3 is 1.16 bits per heavy atom. The van der Waals surface area contributed by atoms with Crippen LogP contribution < -0.4 is 70.8 Å². The van der Waals surface area contributed by atoms with Gasteiger partial charge in [0.25, 0.3) is 0 Å². The molecule has 6 aromatic rings. The molecule has 2 aliphatic heterocycles. The van der Waals surface area contributed by atoms with E-state index in [1.165, 1.54) is 36.2 Å². The van der Waals surface area contributed by atoms with Crippen molar-refractivity contribution in [2.45, 2.75) is 151 Å². The second-order valence-corrected chi connectivity index (χ2v) is 25.4. The topological polar surface area (TPSA) is 474 Å². The number of phenols is 2. The molecule has 0 aromatic heterocycles. The summed E-state index contributed by atoms with van der Waals surface area (Å²) in [6, 6.07) is 30.4. The van der Waals surface area contributed by atoms with Gasteiger partial charge < -0.3 is 85.9 Å². The fourth-order valence-corrected chi connectivity index (χ4v) is 11.9. The molecule has 10 amide bonds. The molecule has 0 aliphatic carbocycles. The first kappa shape index (κ1) is 77.4. The molecular weight excluding hydrogens is 1290 g/mol. The summed E-state index contributed by atoms with van der Waals surface area (Å²) in [4.78, 5) is 138. The first-order valence-electron chi connectivity index (χ1n) is 34.0. The number of nitrogens with one attached hydrogen (secondary N) is 11. The first-order valence-corrected chi connectivity index (χ1v) is 34.0. The molecule has 28 heteroatoms. The van der Waals surface area contributed by atoms with E-state index < -0.39 is 120 Å². The Bertz CT molecular complexity index is 3890. The molecule has 0 radical (unpaired) electrons. The summed E-state index contributed by atoms with van der Waals surface area (Å²) in [5.41, 5.74) is 25.4. The number of benzene rings is 6. The van der Waals surface area contributed by atoms with Crippen LogP contribution in [0.15, 0.2) is 133 Å². The molecule has 0 unspecified atom stereocenters. The third-order valence-corrected chi connectivity index (χ3v) is 17.4. The lowest BCUT2D eigenvalue weighted by atomic mass is 10.00. The number of amides is 10. The molecule has 6 aromatic carbocycles. The van der Waals surface area contributed by atoms with E-state index in [0.29, 0.717) is 62.5 Å². The van der Waals surface area contributed by atoms with Gasteiger partial charge in [0.2, 0.25) is 59.1 Å². The third kappa shape index (κ3) is 24.7. The average molecular weight is 1390 g/mol. The van der Waals surface area contributed by atoms with Crippen molar-refractivity contribution in [3.8, 4) is 11.5 Å². The summed E-state index contributed by atoms with van der Waals surface area (Å²) in [6.07, 6.45) is 4.25. The van der Waals surface area contributed by atoms with Gasteiger partial charge in [-0.05, 0) is 133 Å². The number of fused-ring (bicyclic) bond motifs is 2. The van der Waals surface area contributed by atoms with E-state index in [2.05, 4.69) is 47.9 Å². The van der Waals surface area contributed by atoms with Crippen LogP contribution in [0.1, 0.15) is 99.3 Å². The Morgan fingerprint density at radius 2 is 0.733 bits per heavy atom. The predicted octanol–water partition coefficient (Wildman–Crippen LogP) is 1.61. The zero-order chi connectivity index (χ0) is 73.0. The quantitative estimate of drug-likeness (QED) is 0.0233. The van der Waals surface area contributed by atoms with Crippen LogP contribution in [0, 0.1) is 10.8 Å². The maximum atomic E-state index is 14.0. The standard InChI is InChI=1S/C37H48N8O6.C36H46N8O6/c1-45-31(10-6-18-38)36(50)43-28(9-4-5-11-32(39)40)35(49)44-29(21-24-12-15-25-7-2-3-8-26(25)19-24)34(48)41-22-33(47)42-30(37(45)51)20-23-13-16-27(46)17-14-23;37-17-5-9-28-34(48)42-27(8-3-4-10-31(38)39)35(49)44-29(20-23-11-14-24-6-1-2-7-25(24)18-23)33(47)40-21-32(46)41-30(36(50)43-28)19-22-12-15-26(45)16-13-22/h2-3,7-8,12-17,19,28-31,46H,4-6,9-11,18,20-22,38H2,1H3,(H3,39,40)(H,41,48)(H,42,47)(H,43,50)(H,44,49);1-2,6-7,11-16,18,27-30,45H,3-5,8-10,17,19-21,37H2,(H3,38,39)(H,40,47)(H,41,46)(H,42,48)(H,43,50)(H,44,49)/t28-,29-,30+,31+;27-,28-,29-,30+/m00/s1. The van der Waals surface area contributed by atoms with Crippen LogP contribution in [-0.4, -0.2) is 167 Å². The van der Waals surface area contributed by atoms with Crippen LogP contribution in [0.5, 0.6) is 11.5 Å². The molecular formula is C73H94N16O12. The maximum Gasteiger partial charge on any atom is 0.245 e. The van der Waals surface area contributed by atoms with Crippen LogP contribution in [0.3, 0.4) is 0 Å². The molecule has 2 aliphatic rings. The molecule has 2 fully saturated rings. The van der Waals surface area contributed by atoms with Crippen molar-refractivity contribution in [3.63, 3.8) is 0 Å². The summed E-state index contributed by atoms with van der Waals surface area (Å²) < 4.78 is 0. The van der Waals surface area contributed by atoms with E-state index >= 15 is 0 Å². The van der Waals surface area contributed by atoms with Gasteiger partial charge in [0.1, 0.15) is 59.8 Å². The number of nitrogens with two attached hydrogens (primary N) is 4. The van der Waals surface area contributed by atoms with Crippen molar-refractivity contribution in [1.29, 1.82) is 10.8 Å². The molecule has 8 atom stereocenters. The SMILES string of the molecule is CN1C(=O)[C@@H](Cc2ccc(O)cc2)NC(=O)CNC(=O)[C@H](Cc2ccc3ccccc3c2)NC(=O)[C@H](CCCCC(=N)N)NC(=O)[C@H]1CCCN.N=C(N)CCCC[C@@H]1NC(=O)[C@H](CCCN)NC(=O)[C@@H](Cc2ccc(O)cc2)NC(=O)CNC(=O)[C@H](Cc2ccc3ccccc3c2)NC1=O. The predicted molar refractivity (Wildman–Crippen MR) is 382 cm³/mol. The van der Waals surface area contributed by atoms with Gasteiger partial charge in [-0.1, -0.05) is 122 Å². The summed E-state index contributed by atoms with van der Waals surface area (Å²) in [7, 11) is 1.46. The van der Waals surface area contributed by atoms with Crippen molar-refractivity contribution < 1.29 is 58.2 Å². The number of carbonyl (C=O) groups excluding carboxylic acids is 10. The number of hydrogen-bond donors (Lipinski definition) is 17. The van der Waals surface area contributed by atoms with Gasteiger partial charge >= 0.3 is 0 Å². The Labute approximate surface area is 586 Å². The van der Waals surface area contributed by atoms with Gasteiger partial charge in [0.05, 0.1) is 24.8 Å². The van der Waals surface area contributed by atoms with Gasteiger partial charge in [-0.25, -0.2) is 0 Å². The number of aromatic hydroxyl groups is 2. The Morgan fingerprint density at radius 1 is 0.396 bits per heavy atom. The lowest BCUT2D eigenvalue weighted by Crippen LogP contribution is -2.58. The van der Waals surface area contributed by atoms with Crippen LogP contribution in [-0.2, 0) is 73.6 Å². The highest BCUT2D eigenvalue weighted by Gasteiger charge is 2.37. The Balaban J connectivity index is 0.000000283. The number of hydrogen-bond acceptors (Lipinski definition) is 16. The zero-order valence-electron chi connectivity index (χ0n) is 56.7. The number of rotatable bonds is 24. The molecule has 101 heavy (non-hydrogen) atoms. The number of carbonyl (C=O) groups is 10. The third-order valence-electron chi connectivity index (χ3n) is 17.4.